The molecule has 0 bridgehead atoms. The first-order valence-electron chi connectivity index (χ1n) is 6.30. The molecule has 0 radical (unpaired) electrons. The normalized spacial score (nSPS) is 25.6. The van der Waals surface area contributed by atoms with E-state index in [0.29, 0.717) is 6.61 Å². The zero-order valence-electron chi connectivity index (χ0n) is 11.7. The smallest absolute Gasteiger partial charge is 0.379 e. The molecule has 19 heavy (non-hydrogen) atoms. The Hall–Kier alpha value is -1.11. The van der Waals surface area contributed by atoms with Gasteiger partial charge in [0.25, 0.3) is 0 Å². The van der Waals surface area contributed by atoms with Gasteiger partial charge in [-0.2, -0.15) is 0 Å². The summed E-state index contributed by atoms with van der Waals surface area (Å²) in [5.41, 5.74) is 8.40. The van der Waals surface area contributed by atoms with Gasteiger partial charge in [0, 0.05) is 31.2 Å². The van der Waals surface area contributed by atoms with Crippen LogP contribution in [0, 0.1) is 5.41 Å². The highest BCUT2D eigenvalue weighted by atomic mass is 28.3. The van der Waals surface area contributed by atoms with Crippen LogP contribution < -0.4 is 0 Å². The van der Waals surface area contributed by atoms with Gasteiger partial charge in [-0.1, -0.05) is 42.8 Å². The number of allylic oxidation sites excluding steroid dienone is 2. The molecule has 0 aliphatic heterocycles. The van der Waals surface area contributed by atoms with Crippen LogP contribution in [-0.4, -0.2) is 36.4 Å². The van der Waals surface area contributed by atoms with Gasteiger partial charge in [0.1, 0.15) is 0 Å². The van der Waals surface area contributed by atoms with Crippen LogP contribution in [0.4, 0.5) is 0 Å². The van der Waals surface area contributed by atoms with E-state index < -0.39 is 9.53 Å². The zero-order valence-corrected chi connectivity index (χ0v) is 12.8. The molecule has 0 aromatic heterocycles. The van der Waals surface area contributed by atoms with Crippen molar-refractivity contribution < 1.29 is 13.3 Å². The Morgan fingerprint density at radius 2 is 2.11 bits per heavy atom. The van der Waals surface area contributed by atoms with Crippen molar-refractivity contribution in [3.63, 3.8) is 0 Å². The highest BCUT2D eigenvalue weighted by Gasteiger charge is 2.36. The van der Waals surface area contributed by atoms with Crippen LogP contribution >= 0.6 is 0 Å². The second-order valence-electron chi connectivity index (χ2n) is 4.45. The summed E-state index contributed by atoms with van der Waals surface area (Å²) in [4.78, 5) is 2.94. The van der Waals surface area contributed by atoms with E-state index >= 15 is 0 Å². The van der Waals surface area contributed by atoms with Crippen molar-refractivity contribution in [1.29, 1.82) is 0 Å². The Labute approximate surface area is 115 Å². The molecule has 1 aliphatic carbocycles. The van der Waals surface area contributed by atoms with Gasteiger partial charge in [0.2, 0.25) is 0 Å². The molecule has 0 saturated carbocycles. The van der Waals surface area contributed by atoms with Crippen LogP contribution in [0.3, 0.4) is 0 Å². The Morgan fingerprint density at radius 3 is 2.68 bits per heavy atom. The summed E-state index contributed by atoms with van der Waals surface area (Å²) in [6.07, 6.45) is 9.70. The predicted molar refractivity (Wildman–Crippen MR) is 75.7 cm³/mol. The van der Waals surface area contributed by atoms with Crippen LogP contribution in [0.15, 0.2) is 29.4 Å². The number of azide groups is 1. The van der Waals surface area contributed by atoms with Crippen molar-refractivity contribution in [2.45, 2.75) is 25.8 Å². The fourth-order valence-electron chi connectivity index (χ4n) is 2.27. The average Bonchev–Trinajstić information content (AvgIpc) is 2.43. The summed E-state index contributed by atoms with van der Waals surface area (Å²) >= 11 is 0. The van der Waals surface area contributed by atoms with Gasteiger partial charge in [-0.15, -0.1) is 0 Å². The largest absolute Gasteiger partial charge is 0.483 e. The Bertz CT molecular complexity index is 378. The van der Waals surface area contributed by atoms with E-state index in [1.54, 1.807) is 14.2 Å². The van der Waals surface area contributed by atoms with Crippen molar-refractivity contribution >= 4 is 9.53 Å². The SMILES string of the molecule is CCCC1(CO[SiH](OC)OC)C=CC=CC1N=[N+]=[N-]. The maximum absolute atomic E-state index is 8.71. The molecule has 0 spiro atoms. The minimum atomic E-state index is -2.07. The van der Waals surface area contributed by atoms with Gasteiger partial charge in [-0.3, -0.25) is 0 Å². The van der Waals surface area contributed by atoms with Crippen molar-refractivity contribution in [2.75, 3.05) is 20.8 Å². The molecule has 0 amide bonds. The lowest BCUT2D eigenvalue weighted by Crippen LogP contribution is -2.40. The number of hydrogen-bond donors (Lipinski definition) is 0. The molecule has 0 aromatic carbocycles. The summed E-state index contributed by atoms with van der Waals surface area (Å²) in [6.45, 7) is 2.53. The molecule has 106 valence electrons. The molecule has 6 nitrogen and oxygen atoms in total. The van der Waals surface area contributed by atoms with Crippen LogP contribution in [0.25, 0.3) is 10.4 Å². The lowest BCUT2D eigenvalue weighted by Gasteiger charge is -2.36. The van der Waals surface area contributed by atoms with Crippen LogP contribution in [0.2, 0.25) is 0 Å². The van der Waals surface area contributed by atoms with Crippen LogP contribution in [-0.2, 0) is 13.3 Å². The molecule has 0 N–H and O–H groups in total. The first kappa shape index (κ1) is 15.9. The van der Waals surface area contributed by atoms with E-state index in [9.17, 15) is 0 Å². The molecule has 0 fully saturated rings. The standard InChI is InChI=1S/C12H21N3O3Si/c1-4-8-12(10-18-19(16-2)17-3)9-6-5-7-11(12)14-15-13/h5-7,9,11,19H,4,8,10H2,1-3H3. The molecule has 2 atom stereocenters. The van der Waals surface area contributed by atoms with Crippen molar-refractivity contribution in [1.82, 2.24) is 0 Å². The number of rotatable bonds is 8. The van der Waals surface area contributed by atoms with E-state index in [4.69, 9.17) is 18.8 Å². The van der Waals surface area contributed by atoms with E-state index in [1.807, 2.05) is 18.2 Å². The summed E-state index contributed by atoms with van der Waals surface area (Å²) in [6, 6.07) is -0.231. The summed E-state index contributed by atoms with van der Waals surface area (Å²) in [7, 11) is 1.08. The van der Waals surface area contributed by atoms with Gasteiger partial charge in [-0.05, 0) is 12.0 Å². The lowest BCUT2D eigenvalue weighted by atomic mass is 9.75. The lowest BCUT2D eigenvalue weighted by molar-refractivity contribution is 0.0829. The van der Waals surface area contributed by atoms with E-state index in [-0.39, 0.29) is 11.5 Å². The van der Waals surface area contributed by atoms with Crippen LogP contribution in [0.1, 0.15) is 19.8 Å². The molecule has 0 saturated heterocycles. The fourth-order valence-corrected chi connectivity index (χ4v) is 3.18. The minimum Gasteiger partial charge on any atom is -0.379 e. The van der Waals surface area contributed by atoms with Gasteiger partial charge >= 0.3 is 9.53 Å². The second kappa shape index (κ2) is 8.14. The highest BCUT2D eigenvalue weighted by Crippen LogP contribution is 2.36. The molecule has 0 heterocycles. The fraction of sp³-hybridized carbons (Fsp3) is 0.667. The summed E-state index contributed by atoms with van der Waals surface area (Å²) < 4.78 is 16.1. The third-order valence-corrected chi connectivity index (χ3v) is 4.39. The Kier molecular flexibility index (Phi) is 6.83. The maximum atomic E-state index is 8.71. The minimum absolute atomic E-state index is 0.231. The quantitative estimate of drug-likeness (QED) is 0.297. The van der Waals surface area contributed by atoms with Crippen molar-refractivity contribution in [3.05, 3.63) is 34.7 Å². The van der Waals surface area contributed by atoms with E-state index in [1.165, 1.54) is 0 Å². The molecule has 0 aromatic rings. The first-order valence-corrected chi connectivity index (χ1v) is 7.71. The third-order valence-electron chi connectivity index (χ3n) is 3.19. The van der Waals surface area contributed by atoms with Crippen molar-refractivity contribution in [2.24, 2.45) is 10.5 Å². The van der Waals surface area contributed by atoms with Crippen LogP contribution in [0.5, 0.6) is 0 Å². The highest BCUT2D eigenvalue weighted by molar-refractivity contribution is 6.36. The molecule has 7 heteroatoms. The number of nitrogens with zero attached hydrogens (tertiary/aromatic N) is 3. The molecular formula is C12H21N3O3Si. The average molecular weight is 283 g/mol. The second-order valence-corrected chi connectivity index (χ2v) is 6.30. The molecule has 1 aliphatic rings. The Balaban J connectivity index is 2.85. The predicted octanol–water partition coefficient (Wildman–Crippen LogP) is 2.60. The van der Waals surface area contributed by atoms with Gasteiger partial charge < -0.3 is 13.3 Å². The Morgan fingerprint density at radius 1 is 1.37 bits per heavy atom. The maximum Gasteiger partial charge on any atom is 0.483 e. The molecule has 2 unspecified atom stereocenters. The summed E-state index contributed by atoms with van der Waals surface area (Å²) in [5, 5.41) is 3.88. The zero-order chi connectivity index (χ0) is 14.1. The van der Waals surface area contributed by atoms with Gasteiger partial charge in [0.05, 0.1) is 6.04 Å². The monoisotopic (exact) mass is 283 g/mol. The summed E-state index contributed by atoms with van der Waals surface area (Å²) in [5.74, 6) is 0. The van der Waals surface area contributed by atoms with Gasteiger partial charge in [0.15, 0.2) is 0 Å². The molecule has 1 rings (SSSR count). The topological polar surface area (TPSA) is 76.5 Å². The van der Waals surface area contributed by atoms with E-state index in [0.717, 1.165) is 12.8 Å². The van der Waals surface area contributed by atoms with E-state index in [2.05, 4.69) is 23.0 Å². The van der Waals surface area contributed by atoms with Gasteiger partial charge in [-0.25, -0.2) is 0 Å². The third kappa shape index (κ3) is 4.19. The number of hydrogen-bond acceptors (Lipinski definition) is 4. The van der Waals surface area contributed by atoms with Crippen molar-refractivity contribution in [3.8, 4) is 0 Å². The first-order chi connectivity index (χ1) is 9.22. The molecular weight excluding hydrogens is 262 g/mol.